The summed E-state index contributed by atoms with van der Waals surface area (Å²) in [4.78, 5) is 19.0. The molecule has 0 N–H and O–H groups in total. The molecule has 2 aliphatic heterocycles. The third-order valence-electron chi connectivity index (χ3n) is 8.43. The summed E-state index contributed by atoms with van der Waals surface area (Å²) in [6.45, 7) is 6.66. The molecular weight excluding hydrogens is 384 g/mol. The summed E-state index contributed by atoms with van der Waals surface area (Å²) in [7, 11) is 2.32. The molecular formula is C26H36N4O. The molecule has 2 saturated heterocycles. The molecule has 5 atom stereocenters. The maximum atomic E-state index is 14.1. The Morgan fingerprint density at radius 2 is 1.84 bits per heavy atom. The largest absolute Gasteiger partial charge is 0.329 e. The fourth-order valence-corrected chi connectivity index (χ4v) is 7.01. The molecule has 2 aromatic rings. The summed E-state index contributed by atoms with van der Waals surface area (Å²) in [5.74, 6) is 0.180. The molecule has 31 heavy (non-hydrogen) atoms. The van der Waals surface area contributed by atoms with Crippen molar-refractivity contribution in [1.29, 1.82) is 0 Å². The summed E-state index contributed by atoms with van der Waals surface area (Å²) in [6, 6.07) is 14.3. The van der Waals surface area contributed by atoms with E-state index in [1.807, 2.05) is 10.7 Å². The van der Waals surface area contributed by atoms with E-state index >= 15 is 0 Å². The van der Waals surface area contributed by atoms with Crippen LogP contribution in [-0.4, -0.2) is 56.7 Å². The number of likely N-dealkylation sites (N-methyl/N-ethyl adjacent to an activating group) is 1. The number of piperidine rings is 1. The zero-order chi connectivity index (χ0) is 21.8. The Balaban J connectivity index is 1.56. The highest BCUT2D eigenvalue weighted by atomic mass is 16.2. The van der Waals surface area contributed by atoms with Crippen LogP contribution in [0.5, 0.6) is 0 Å². The second kappa shape index (κ2) is 7.77. The minimum Gasteiger partial charge on any atom is -0.329 e. The van der Waals surface area contributed by atoms with Crippen LogP contribution in [0.2, 0.25) is 0 Å². The van der Waals surface area contributed by atoms with Gasteiger partial charge in [-0.2, -0.15) is 5.10 Å². The van der Waals surface area contributed by atoms with E-state index in [1.165, 1.54) is 24.8 Å². The van der Waals surface area contributed by atoms with Crippen molar-refractivity contribution in [2.75, 3.05) is 7.05 Å². The lowest BCUT2D eigenvalue weighted by Gasteiger charge is -2.49. The SMILES string of the molecule is CC(C)n1nccc1C(=O)N1[C@H]2CCCC[C@H]3N(C)[C@H](Cc4ccccc4)[C@@H]1C[C@@]23C. The third-order valence-corrected chi connectivity index (χ3v) is 8.43. The average Bonchev–Trinajstić information content (AvgIpc) is 3.30. The van der Waals surface area contributed by atoms with Gasteiger partial charge in [-0.1, -0.05) is 50.1 Å². The lowest BCUT2D eigenvalue weighted by molar-refractivity contribution is 0.0155. The normalized spacial score (nSPS) is 33.0. The van der Waals surface area contributed by atoms with Crippen LogP contribution in [0.4, 0.5) is 0 Å². The van der Waals surface area contributed by atoms with Crippen LogP contribution < -0.4 is 0 Å². The summed E-state index contributed by atoms with van der Waals surface area (Å²) in [5.41, 5.74) is 2.27. The lowest BCUT2D eigenvalue weighted by Crippen LogP contribution is -2.58. The van der Waals surface area contributed by atoms with Crippen LogP contribution in [-0.2, 0) is 6.42 Å². The average molecular weight is 421 g/mol. The van der Waals surface area contributed by atoms with Gasteiger partial charge < -0.3 is 4.90 Å². The van der Waals surface area contributed by atoms with Gasteiger partial charge in [0.05, 0.1) is 0 Å². The smallest absolute Gasteiger partial charge is 0.272 e. The van der Waals surface area contributed by atoms with Gasteiger partial charge in [0.1, 0.15) is 5.69 Å². The molecule has 1 aromatic carbocycles. The molecule has 1 amide bonds. The monoisotopic (exact) mass is 420 g/mol. The third kappa shape index (κ3) is 3.24. The van der Waals surface area contributed by atoms with E-state index < -0.39 is 0 Å². The van der Waals surface area contributed by atoms with E-state index in [2.05, 4.69) is 73.0 Å². The van der Waals surface area contributed by atoms with Crippen molar-refractivity contribution in [3.63, 3.8) is 0 Å². The predicted octanol–water partition coefficient (Wildman–Crippen LogP) is 4.55. The van der Waals surface area contributed by atoms with E-state index in [1.54, 1.807) is 6.20 Å². The highest BCUT2D eigenvalue weighted by molar-refractivity contribution is 5.93. The number of aromatic nitrogens is 2. The minimum absolute atomic E-state index is 0.168. The number of benzene rings is 1. The first-order valence-electron chi connectivity index (χ1n) is 12.0. The van der Waals surface area contributed by atoms with Crippen LogP contribution in [0, 0.1) is 5.41 Å². The Morgan fingerprint density at radius 3 is 2.55 bits per heavy atom. The second-order valence-corrected chi connectivity index (χ2v) is 10.5. The maximum Gasteiger partial charge on any atom is 0.272 e. The van der Waals surface area contributed by atoms with E-state index in [4.69, 9.17) is 0 Å². The molecule has 2 bridgehead atoms. The molecule has 1 aromatic heterocycles. The second-order valence-electron chi connectivity index (χ2n) is 10.5. The van der Waals surface area contributed by atoms with E-state index in [9.17, 15) is 4.79 Å². The van der Waals surface area contributed by atoms with Crippen molar-refractivity contribution in [3.8, 4) is 0 Å². The number of fused-ring (bicyclic) bond motifs is 1. The van der Waals surface area contributed by atoms with Gasteiger partial charge in [-0.25, -0.2) is 0 Å². The Kier molecular flexibility index (Phi) is 5.20. The maximum absolute atomic E-state index is 14.1. The Hall–Kier alpha value is -2.14. The van der Waals surface area contributed by atoms with E-state index in [0.29, 0.717) is 18.1 Å². The van der Waals surface area contributed by atoms with Gasteiger partial charge in [-0.15, -0.1) is 0 Å². The molecule has 3 heterocycles. The quantitative estimate of drug-likeness (QED) is 0.728. The van der Waals surface area contributed by atoms with Gasteiger partial charge in [0.25, 0.3) is 5.91 Å². The zero-order valence-electron chi connectivity index (χ0n) is 19.4. The van der Waals surface area contributed by atoms with Crippen molar-refractivity contribution in [2.45, 2.75) is 89.5 Å². The number of amides is 1. The van der Waals surface area contributed by atoms with Crippen molar-refractivity contribution in [1.82, 2.24) is 19.6 Å². The number of hydrogen-bond donors (Lipinski definition) is 0. The molecule has 0 unspecified atom stereocenters. The minimum atomic E-state index is 0.168. The predicted molar refractivity (Wildman–Crippen MR) is 123 cm³/mol. The fraction of sp³-hybridized carbons (Fsp3) is 0.615. The van der Waals surface area contributed by atoms with E-state index in [-0.39, 0.29) is 23.4 Å². The number of nitrogens with zero attached hydrogens (tertiary/aromatic N) is 4. The summed E-state index contributed by atoms with van der Waals surface area (Å²) in [6.07, 6.45) is 8.73. The van der Waals surface area contributed by atoms with Crippen LogP contribution in [0.25, 0.3) is 0 Å². The lowest BCUT2D eigenvalue weighted by atomic mass is 9.69. The topological polar surface area (TPSA) is 41.4 Å². The van der Waals surface area contributed by atoms with Crippen LogP contribution >= 0.6 is 0 Å². The highest BCUT2D eigenvalue weighted by Crippen LogP contribution is 2.55. The fourth-order valence-electron chi connectivity index (χ4n) is 7.01. The van der Waals surface area contributed by atoms with E-state index in [0.717, 1.165) is 25.0 Å². The molecule has 1 aliphatic carbocycles. The molecule has 1 saturated carbocycles. The molecule has 166 valence electrons. The number of likely N-dealkylation sites (tertiary alicyclic amines) is 2. The first kappa shape index (κ1) is 20.7. The van der Waals surface area contributed by atoms with Crippen molar-refractivity contribution in [2.24, 2.45) is 5.41 Å². The van der Waals surface area contributed by atoms with Gasteiger partial charge in [-0.3, -0.25) is 14.4 Å². The summed E-state index contributed by atoms with van der Waals surface area (Å²) >= 11 is 0. The summed E-state index contributed by atoms with van der Waals surface area (Å²) < 4.78 is 1.90. The van der Waals surface area contributed by atoms with Crippen LogP contribution in [0.15, 0.2) is 42.6 Å². The molecule has 3 aliphatic rings. The first-order valence-corrected chi connectivity index (χ1v) is 12.0. The number of rotatable bonds is 4. The molecule has 3 fully saturated rings. The zero-order valence-corrected chi connectivity index (χ0v) is 19.4. The Bertz CT molecular complexity index is 938. The van der Waals surface area contributed by atoms with Gasteiger partial charge in [0, 0.05) is 41.8 Å². The standard InChI is InChI=1S/C26H36N4O/c1-18(2)30-20(14-15-27-30)25(31)29-22-17-26(3)23(12-8-9-13-24(26)29)28(4)21(22)16-19-10-6-5-7-11-19/h5-7,10-11,14-15,18,21-24H,8-9,12-13,16-17H2,1-4H3/t21-,22+,23-,24+,26-/m1/s1. The highest BCUT2D eigenvalue weighted by Gasteiger charge is 2.62. The molecule has 5 rings (SSSR count). The van der Waals surface area contributed by atoms with Crippen molar-refractivity contribution >= 4 is 5.91 Å². The number of carbonyl (C=O) groups excluding carboxylic acids is 1. The van der Waals surface area contributed by atoms with Crippen molar-refractivity contribution in [3.05, 3.63) is 53.9 Å². The molecule has 0 spiro atoms. The van der Waals surface area contributed by atoms with Gasteiger partial charge >= 0.3 is 0 Å². The number of hydrogen-bond acceptors (Lipinski definition) is 3. The Labute approximate surface area is 186 Å². The molecule has 5 nitrogen and oxygen atoms in total. The van der Waals surface area contributed by atoms with Crippen LogP contribution in [0.1, 0.15) is 75.0 Å². The van der Waals surface area contributed by atoms with Gasteiger partial charge in [-0.05, 0) is 58.2 Å². The molecule has 5 heteroatoms. The first-order chi connectivity index (χ1) is 14.9. The van der Waals surface area contributed by atoms with Crippen molar-refractivity contribution < 1.29 is 4.79 Å². The van der Waals surface area contributed by atoms with Gasteiger partial charge in [0.2, 0.25) is 0 Å². The Morgan fingerprint density at radius 1 is 1.13 bits per heavy atom. The van der Waals surface area contributed by atoms with Gasteiger partial charge in [0.15, 0.2) is 0 Å². The summed E-state index contributed by atoms with van der Waals surface area (Å²) in [5, 5.41) is 4.47. The van der Waals surface area contributed by atoms with Crippen LogP contribution in [0.3, 0.4) is 0 Å². The number of carbonyl (C=O) groups is 1. The molecule has 0 radical (unpaired) electrons.